The van der Waals surface area contributed by atoms with Crippen molar-refractivity contribution >= 4 is 33.6 Å². The summed E-state index contributed by atoms with van der Waals surface area (Å²) >= 11 is 0. The van der Waals surface area contributed by atoms with Crippen LogP contribution < -0.4 is 14.4 Å². The largest absolute Gasteiger partial charge is 0.468 e. The molecule has 12 nitrogen and oxygen atoms in total. The van der Waals surface area contributed by atoms with Crippen LogP contribution in [0.25, 0.3) is 32.9 Å². The maximum Gasteiger partial charge on any atom is 0.411 e. The Morgan fingerprint density at radius 2 is 1.82 bits per heavy atom. The van der Waals surface area contributed by atoms with Gasteiger partial charge in [-0.15, -0.1) is 6.42 Å². The van der Waals surface area contributed by atoms with Crippen molar-refractivity contribution < 1.29 is 50.4 Å². The predicted molar refractivity (Wildman–Crippen MR) is 221 cm³/mol. The minimum atomic E-state index is -4.42. The van der Waals surface area contributed by atoms with Crippen molar-refractivity contribution in [3.63, 3.8) is 0 Å². The quantitative estimate of drug-likeness (QED) is 0.0827. The molecule has 0 spiro atoms. The molecule has 4 aliphatic rings. The number of hydrogen-bond acceptors (Lipinski definition) is 11. The third-order valence-electron chi connectivity index (χ3n) is 12.5. The molecule has 4 aromatic rings. The van der Waals surface area contributed by atoms with Crippen LogP contribution in [0.2, 0.25) is 0 Å². The number of piperazine rings is 1. The van der Waals surface area contributed by atoms with E-state index >= 15 is 8.78 Å². The van der Waals surface area contributed by atoms with Gasteiger partial charge in [-0.1, -0.05) is 18.9 Å². The summed E-state index contributed by atoms with van der Waals surface area (Å²) in [5.41, 5.74) is -0.785. The van der Waals surface area contributed by atoms with Gasteiger partial charge in [-0.3, -0.25) is 4.90 Å². The molecular weight excluding hydrogens is 816 g/mol. The van der Waals surface area contributed by atoms with Crippen LogP contribution in [-0.4, -0.2) is 120 Å². The zero-order valence-corrected chi connectivity index (χ0v) is 35.5. The summed E-state index contributed by atoms with van der Waals surface area (Å²) in [5, 5.41) is 1.15. The highest BCUT2D eigenvalue weighted by Crippen LogP contribution is 2.45. The Bertz CT molecular complexity index is 2400. The highest BCUT2D eigenvalue weighted by atomic mass is 19.4. The average Bonchev–Trinajstić information content (AvgIpc) is 3.75. The number of carbonyl (C=O) groups is 1. The molecule has 0 aliphatic carbocycles. The molecule has 332 valence electrons. The molecule has 2 aromatic carbocycles. The number of alkyl halides is 3. The number of aryl methyl sites for hydroxylation is 1. The van der Waals surface area contributed by atoms with Crippen molar-refractivity contribution in [2.24, 2.45) is 0 Å². The number of amides is 1. The van der Waals surface area contributed by atoms with Gasteiger partial charge in [0, 0.05) is 43.2 Å². The third-order valence-corrected chi connectivity index (χ3v) is 12.5. The van der Waals surface area contributed by atoms with Crippen LogP contribution in [0.1, 0.15) is 77.5 Å². The highest BCUT2D eigenvalue weighted by Gasteiger charge is 2.50. The summed E-state index contributed by atoms with van der Waals surface area (Å²) in [6.07, 6.45) is 5.34. The van der Waals surface area contributed by atoms with Crippen LogP contribution in [-0.2, 0) is 20.6 Å². The summed E-state index contributed by atoms with van der Waals surface area (Å²) in [6.45, 7) is 7.42. The lowest BCUT2D eigenvalue weighted by Crippen LogP contribution is -2.60. The molecule has 0 N–H and O–H groups in total. The fourth-order valence-corrected chi connectivity index (χ4v) is 9.74. The van der Waals surface area contributed by atoms with Gasteiger partial charge < -0.3 is 33.5 Å². The van der Waals surface area contributed by atoms with E-state index in [0.29, 0.717) is 79.8 Å². The smallest absolute Gasteiger partial charge is 0.411 e. The number of anilines is 1. The molecule has 2 aromatic heterocycles. The first-order chi connectivity index (χ1) is 29.5. The number of rotatable bonds is 11. The molecule has 6 heterocycles. The number of terminal acetylenes is 1. The standard InChI is InChI=1S/C45H51F5N6O6/c1-7-27-20-54-28(21-55(27)42(57)62-43(3,4)5)11-13-34-36-39(37(47)38(51-34)32-19-30(61-25-58-6)18-26-10-12-33(46)31(8-2)35(26)32)52-41(53-40(36)54)60-23-44-15-9-17-56(44)29(14-16-44)22-59-24-45(48,49)50/h2,10,12,18-19,27-29H,7,9,11,13-17,20-25H2,1,3-6H3/t27-,28-,29+,44+/m1/s1. The summed E-state index contributed by atoms with van der Waals surface area (Å²) in [6, 6.07) is 5.15. The molecule has 4 aliphatic heterocycles. The number of fused-ring (bicyclic) bond motifs is 4. The Labute approximate surface area is 357 Å². The van der Waals surface area contributed by atoms with Gasteiger partial charge in [-0.2, -0.15) is 23.1 Å². The molecule has 3 fully saturated rings. The van der Waals surface area contributed by atoms with Crippen LogP contribution in [0.4, 0.5) is 32.6 Å². The first kappa shape index (κ1) is 43.6. The van der Waals surface area contributed by atoms with Crippen molar-refractivity contribution in [1.82, 2.24) is 24.8 Å². The molecule has 0 bridgehead atoms. The van der Waals surface area contributed by atoms with E-state index < -0.39 is 41.7 Å². The summed E-state index contributed by atoms with van der Waals surface area (Å²) < 4.78 is 100. The maximum absolute atomic E-state index is 17.7. The van der Waals surface area contributed by atoms with Gasteiger partial charge in [0.05, 0.1) is 34.8 Å². The number of hydrogen-bond donors (Lipinski definition) is 0. The van der Waals surface area contributed by atoms with E-state index in [2.05, 4.69) is 15.7 Å². The number of carbonyl (C=O) groups excluding carboxylic acids is 1. The molecule has 62 heavy (non-hydrogen) atoms. The molecule has 3 saturated heterocycles. The SMILES string of the molecule is C#Cc1c(F)ccc2cc(OCOC)cc(-c3nc4c5c(nc(OC[C@@]67CCCN6[C@H](COCC(F)(F)F)CC7)nc5c3F)N3C[C@@H](CC)N(C(=O)OC(C)(C)C)C[C@H]3CC4)c12. The zero-order valence-electron chi connectivity index (χ0n) is 35.5. The molecule has 1 amide bonds. The summed E-state index contributed by atoms with van der Waals surface area (Å²) in [4.78, 5) is 34.4. The summed E-state index contributed by atoms with van der Waals surface area (Å²) in [7, 11) is 1.47. The van der Waals surface area contributed by atoms with Crippen molar-refractivity contribution in [2.75, 3.05) is 58.3 Å². The molecule has 8 rings (SSSR count). The molecule has 0 unspecified atom stereocenters. The van der Waals surface area contributed by atoms with E-state index in [1.807, 2.05) is 27.7 Å². The average molecular weight is 867 g/mol. The Morgan fingerprint density at radius 3 is 2.55 bits per heavy atom. The lowest BCUT2D eigenvalue weighted by molar-refractivity contribution is -0.177. The molecular formula is C45H51F5N6O6. The number of aromatic nitrogens is 3. The number of pyridine rings is 1. The van der Waals surface area contributed by atoms with E-state index in [9.17, 15) is 18.0 Å². The van der Waals surface area contributed by atoms with Crippen molar-refractivity contribution in [1.29, 1.82) is 0 Å². The number of nitrogens with zero attached hydrogens (tertiary/aromatic N) is 6. The Kier molecular flexibility index (Phi) is 11.9. The van der Waals surface area contributed by atoms with Gasteiger partial charge in [0.1, 0.15) is 47.4 Å². The van der Waals surface area contributed by atoms with Crippen LogP contribution in [0, 0.1) is 24.0 Å². The molecule has 4 atom stereocenters. The zero-order chi connectivity index (χ0) is 44.1. The van der Waals surface area contributed by atoms with Gasteiger partial charge in [-0.05, 0) is 95.8 Å². The van der Waals surface area contributed by atoms with E-state index in [1.54, 1.807) is 17.0 Å². The van der Waals surface area contributed by atoms with Gasteiger partial charge in [0.25, 0.3) is 0 Å². The predicted octanol–water partition coefficient (Wildman–Crippen LogP) is 8.19. The van der Waals surface area contributed by atoms with E-state index in [4.69, 9.17) is 45.1 Å². The Morgan fingerprint density at radius 1 is 1.02 bits per heavy atom. The van der Waals surface area contributed by atoms with E-state index in [1.165, 1.54) is 19.2 Å². The number of ether oxygens (including phenoxy) is 5. The second-order valence-corrected chi connectivity index (χ2v) is 17.6. The Balaban J connectivity index is 1.24. The fourth-order valence-electron chi connectivity index (χ4n) is 9.74. The lowest BCUT2D eigenvalue weighted by atomic mass is 9.95. The summed E-state index contributed by atoms with van der Waals surface area (Å²) in [5.74, 6) is 1.69. The highest BCUT2D eigenvalue weighted by molar-refractivity contribution is 6.03. The van der Waals surface area contributed by atoms with Crippen LogP contribution in [0.5, 0.6) is 11.8 Å². The van der Waals surface area contributed by atoms with Crippen molar-refractivity contribution in [3.8, 4) is 35.4 Å². The third kappa shape index (κ3) is 8.40. The maximum atomic E-state index is 17.7. The topological polar surface area (TPSA) is 112 Å². The van der Waals surface area contributed by atoms with Crippen LogP contribution in [0.3, 0.4) is 0 Å². The van der Waals surface area contributed by atoms with Gasteiger partial charge in [-0.25, -0.2) is 18.6 Å². The lowest BCUT2D eigenvalue weighted by Gasteiger charge is -2.46. The van der Waals surface area contributed by atoms with Crippen LogP contribution >= 0.6 is 0 Å². The normalized spacial score (nSPS) is 22.7. The van der Waals surface area contributed by atoms with E-state index in [0.717, 1.165) is 12.8 Å². The fraction of sp³-hybridized carbons (Fsp3) is 0.556. The minimum Gasteiger partial charge on any atom is -0.468 e. The molecule has 0 saturated carbocycles. The van der Waals surface area contributed by atoms with Gasteiger partial charge >= 0.3 is 18.3 Å². The van der Waals surface area contributed by atoms with Crippen LogP contribution in [0.15, 0.2) is 24.3 Å². The second-order valence-electron chi connectivity index (χ2n) is 17.6. The first-order valence-electron chi connectivity index (χ1n) is 21.1. The second kappa shape index (κ2) is 16.9. The van der Waals surface area contributed by atoms with Gasteiger partial charge in [0.2, 0.25) is 0 Å². The van der Waals surface area contributed by atoms with E-state index in [-0.39, 0.29) is 71.9 Å². The molecule has 17 heteroatoms. The van der Waals surface area contributed by atoms with Crippen molar-refractivity contribution in [2.45, 2.75) is 108 Å². The first-order valence-corrected chi connectivity index (χ1v) is 21.1. The van der Waals surface area contributed by atoms with Crippen molar-refractivity contribution in [3.05, 3.63) is 47.2 Å². The number of halogens is 5. The molecule has 0 radical (unpaired) electrons. The monoisotopic (exact) mass is 866 g/mol. The number of methoxy groups -OCH3 is 1. The minimum absolute atomic E-state index is 0.0609. The van der Waals surface area contributed by atoms with Gasteiger partial charge in [0.15, 0.2) is 12.6 Å². The number of benzene rings is 2. The Hall–Kier alpha value is -5.05.